The van der Waals surface area contributed by atoms with E-state index in [9.17, 15) is 4.79 Å². The number of fused-ring (bicyclic) bond motifs is 1. The SMILES string of the molecule is CCc1ccc(C(=O)N2CCc3cc(N)ccc32)o1. The first-order valence-electron chi connectivity index (χ1n) is 6.48. The predicted octanol–water partition coefficient (Wildman–Crippen LogP) is 2.63. The molecular weight excluding hydrogens is 240 g/mol. The molecule has 0 unspecified atom stereocenters. The summed E-state index contributed by atoms with van der Waals surface area (Å²) in [5, 5.41) is 0. The number of furan rings is 1. The number of rotatable bonds is 2. The minimum Gasteiger partial charge on any atom is -0.456 e. The number of amides is 1. The number of carbonyl (C=O) groups excluding carboxylic acids is 1. The van der Waals surface area contributed by atoms with Gasteiger partial charge in [0.1, 0.15) is 5.76 Å². The number of hydrogen-bond acceptors (Lipinski definition) is 3. The highest BCUT2D eigenvalue weighted by Crippen LogP contribution is 2.31. The molecule has 1 aliphatic heterocycles. The van der Waals surface area contributed by atoms with Gasteiger partial charge in [-0.25, -0.2) is 0 Å². The highest BCUT2D eigenvalue weighted by molar-refractivity contribution is 6.05. The number of hydrogen-bond donors (Lipinski definition) is 1. The summed E-state index contributed by atoms with van der Waals surface area (Å²) in [6.45, 7) is 2.68. The van der Waals surface area contributed by atoms with E-state index in [1.807, 2.05) is 31.2 Å². The smallest absolute Gasteiger partial charge is 0.293 e. The molecular formula is C15H16N2O2. The first-order chi connectivity index (χ1) is 9.19. The van der Waals surface area contributed by atoms with Crippen LogP contribution in [0.5, 0.6) is 0 Å². The molecule has 4 heteroatoms. The van der Waals surface area contributed by atoms with Gasteiger partial charge in [0.05, 0.1) is 0 Å². The summed E-state index contributed by atoms with van der Waals surface area (Å²) in [6, 6.07) is 9.26. The summed E-state index contributed by atoms with van der Waals surface area (Å²) >= 11 is 0. The molecule has 0 bridgehead atoms. The average molecular weight is 256 g/mol. The van der Waals surface area contributed by atoms with E-state index in [1.54, 1.807) is 11.0 Å². The van der Waals surface area contributed by atoms with Crippen LogP contribution in [0.25, 0.3) is 0 Å². The van der Waals surface area contributed by atoms with Gasteiger partial charge in [-0.2, -0.15) is 0 Å². The van der Waals surface area contributed by atoms with Gasteiger partial charge in [-0.3, -0.25) is 4.79 Å². The number of aryl methyl sites for hydroxylation is 1. The maximum atomic E-state index is 12.4. The van der Waals surface area contributed by atoms with Gasteiger partial charge < -0.3 is 15.1 Å². The van der Waals surface area contributed by atoms with Crippen LogP contribution in [0.15, 0.2) is 34.7 Å². The molecule has 2 aromatic rings. The Morgan fingerprint density at radius 2 is 2.21 bits per heavy atom. The zero-order valence-electron chi connectivity index (χ0n) is 10.8. The lowest BCUT2D eigenvalue weighted by Gasteiger charge is -2.15. The topological polar surface area (TPSA) is 59.5 Å². The molecule has 0 saturated carbocycles. The summed E-state index contributed by atoms with van der Waals surface area (Å²) < 4.78 is 5.53. The Hall–Kier alpha value is -2.23. The van der Waals surface area contributed by atoms with Crippen LogP contribution in [0.3, 0.4) is 0 Å². The lowest BCUT2D eigenvalue weighted by Crippen LogP contribution is -2.28. The lowest BCUT2D eigenvalue weighted by atomic mass is 10.1. The van der Waals surface area contributed by atoms with E-state index in [1.165, 1.54) is 0 Å². The summed E-state index contributed by atoms with van der Waals surface area (Å²) in [5.41, 5.74) is 8.56. The lowest BCUT2D eigenvalue weighted by molar-refractivity contribution is 0.0961. The molecule has 98 valence electrons. The van der Waals surface area contributed by atoms with Gasteiger partial charge in [0.15, 0.2) is 5.76 Å². The van der Waals surface area contributed by atoms with E-state index >= 15 is 0 Å². The number of carbonyl (C=O) groups is 1. The molecule has 0 spiro atoms. The molecule has 2 N–H and O–H groups in total. The number of nitrogen functional groups attached to an aromatic ring is 1. The van der Waals surface area contributed by atoms with Crippen LogP contribution < -0.4 is 10.6 Å². The van der Waals surface area contributed by atoms with Gasteiger partial charge in [0, 0.05) is 24.3 Å². The van der Waals surface area contributed by atoms with Crippen molar-refractivity contribution in [1.29, 1.82) is 0 Å². The molecule has 0 atom stereocenters. The fourth-order valence-electron chi connectivity index (χ4n) is 2.45. The maximum absolute atomic E-state index is 12.4. The Morgan fingerprint density at radius 1 is 1.37 bits per heavy atom. The Labute approximate surface area is 111 Å². The fraction of sp³-hybridized carbons (Fsp3) is 0.267. The van der Waals surface area contributed by atoms with Gasteiger partial charge in [0.2, 0.25) is 0 Å². The molecule has 0 saturated heterocycles. The number of nitrogens with zero attached hydrogens (tertiary/aromatic N) is 1. The Balaban J connectivity index is 1.91. The molecule has 4 nitrogen and oxygen atoms in total. The highest BCUT2D eigenvalue weighted by Gasteiger charge is 2.27. The Bertz CT molecular complexity index is 631. The second-order valence-electron chi connectivity index (χ2n) is 4.71. The van der Waals surface area contributed by atoms with E-state index in [-0.39, 0.29) is 5.91 Å². The van der Waals surface area contributed by atoms with Crippen LogP contribution in [-0.4, -0.2) is 12.5 Å². The van der Waals surface area contributed by atoms with Crippen LogP contribution in [-0.2, 0) is 12.8 Å². The van der Waals surface area contributed by atoms with Crippen LogP contribution in [0.1, 0.15) is 28.8 Å². The van der Waals surface area contributed by atoms with Crippen molar-refractivity contribution in [2.75, 3.05) is 17.2 Å². The van der Waals surface area contributed by atoms with E-state index < -0.39 is 0 Å². The molecule has 1 aliphatic rings. The van der Waals surface area contributed by atoms with Crippen molar-refractivity contribution in [2.45, 2.75) is 19.8 Å². The van der Waals surface area contributed by atoms with Crippen molar-refractivity contribution in [3.63, 3.8) is 0 Å². The molecule has 1 amide bonds. The highest BCUT2D eigenvalue weighted by atomic mass is 16.4. The molecule has 0 fully saturated rings. The molecule has 0 radical (unpaired) electrons. The first-order valence-corrected chi connectivity index (χ1v) is 6.48. The largest absolute Gasteiger partial charge is 0.456 e. The second-order valence-corrected chi connectivity index (χ2v) is 4.71. The second kappa shape index (κ2) is 4.46. The van der Waals surface area contributed by atoms with Crippen LogP contribution in [0, 0.1) is 0 Å². The maximum Gasteiger partial charge on any atom is 0.293 e. The van der Waals surface area contributed by atoms with Crippen molar-refractivity contribution in [3.05, 3.63) is 47.4 Å². The van der Waals surface area contributed by atoms with Crippen LogP contribution in [0.2, 0.25) is 0 Å². The van der Waals surface area contributed by atoms with Crippen molar-refractivity contribution in [1.82, 2.24) is 0 Å². The van der Waals surface area contributed by atoms with E-state index in [0.717, 1.165) is 35.5 Å². The third-order valence-corrected chi connectivity index (χ3v) is 3.47. The Kier molecular flexibility index (Phi) is 2.78. The summed E-state index contributed by atoms with van der Waals surface area (Å²) in [5.74, 6) is 1.16. The summed E-state index contributed by atoms with van der Waals surface area (Å²) in [7, 11) is 0. The standard InChI is InChI=1S/C15H16N2O2/c1-2-12-4-6-14(19-12)15(18)17-8-7-10-9-11(16)3-5-13(10)17/h3-6,9H,2,7-8,16H2,1H3. The molecule has 19 heavy (non-hydrogen) atoms. The van der Waals surface area contributed by atoms with Crippen LogP contribution >= 0.6 is 0 Å². The third-order valence-electron chi connectivity index (χ3n) is 3.47. The van der Waals surface area contributed by atoms with Gasteiger partial charge in [0.25, 0.3) is 5.91 Å². The van der Waals surface area contributed by atoms with E-state index in [0.29, 0.717) is 12.3 Å². The summed E-state index contributed by atoms with van der Waals surface area (Å²) in [6.07, 6.45) is 1.63. The average Bonchev–Trinajstić information content (AvgIpc) is 3.03. The molecule has 1 aromatic heterocycles. The minimum atomic E-state index is -0.0804. The van der Waals surface area contributed by atoms with Gasteiger partial charge in [-0.05, 0) is 42.3 Å². The number of benzene rings is 1. The summed E-state index contributed by atoms with van der Waals surface area (Å²) in [4.78, 5) is 14.2. The van der Waals surface area contributed by atoms with Crippen molar-refractivity contribution < 1.29 is 9.21 Å². The normalized spacial score (nSPS) is 13.6. The Morgan fingerprint density at radius 3 is 2.95 bits per heavy atom. The zero-order chi connectivity index (χ0) is 13.4. The monoisotopic (exact) mass is 256 g/mol. The molecule has 3 rings (SSSR count). The van der Waals surface area contributed by atoms with E-state index in [4.69, 9.17) is 10.2 Å². The van der Waals surface area contributed by atoms with Crippen molar-refractivity contribution in [3.8, 4) is 0 Å². The number of nitrogens with two attached hydrogens (primary N) is 1. The molecule has 1 aromatic carbocycles. The van der Waals surface area contributed by atoms with Crippen molar-refractivity contribution in [2.24, 2.45) is 0 Å². The molecule has 2 heterocycles. The zero-order valence-corrected chi connectivity index (χ0v) is 10.8. The van der Waals surface area contributed by atoms with Crippen molar-refractivity contribution >= 4 is 17.3 Å². The predicted molar refractivity (Wildman–Crippen MR) is 74.3 cm³/mol. The first kappa shape index (κ1) is 11.8. The van der Waals surface area contributed by atoms with Crippen LogP contribution in [0.4, 0.5) is 11.4 Å². The van der Waals surface area contributed by atoms with Gasteiger partial charge in [-0.1, -0.05) is 6.92 Å². The quantitative estimate of drug-likeness (QED) is 0.840. The van der Waals surface area contributed by atoms with Gasteiger partial charge in [-0.15, -0.1) is 0 Å². The number of anilines is 2. The fourth-order valence-corrected chi connectivity index (χ4v) is 2.45. The molecule has 0 aliphatic carbocycles. The van der Waals surface area contributed by atoms with Gasteiger partial charge >= 0.3 is 0 Å². The minimum absolute atomic E-state index is 0.0804. The van der Waals surface area contributed by atoms with E-state index in [2.05, 4.69) is 0 Å². The third kappa shape index (κ3) is 1.99.